The number of phenolic OH excluding ortho intramolecular Hbond substituents is 1. The number of piperidine rings is 1. The number of hydrogen-bond acceptors (Lipinski definition) is 3. The van der Waals surface area contributed by atoms with Crippen LogP contribution in [0.3, 0.4) is 0 Å². The van der Waals surface area contributed by atoms with Gasteiger partial charge in [-0.05, 0) is 111 Å². The third-order valence-electron chi connectivity index (χ3n) is 7.23. The molecule has 0 bridgehead atoms. The fourth-order valence-electron chi connectivity index (χ4n) is 5.20. The molecule has 3 nitrogen and oxygen atoms in total. The lowest BCUT2D eigenvalue weighted by Gasteiger charge is -2.34. The summed E-state index contributed by atoms with van der Waals surface area (Å²) < 4.78 is 28.7. The molecule has 0 amide bonds. The summed E-state index contributed by atoms with van der Waals surface area (Å²) in [6.45, 7) is 6.63. The molecule has 0 aromatic heterocycles. The maximum Gasteiger partial charge on any atom is 0.133 e. The predicted octanol–water partition coefficient (Wildman–Crippen LogP) is 6.99. The summed E-state index contributed by atoms with van der Waals surface area (Å²) in [5.41, 5.74) is 4.87. The fraction of sp³-hybridized carbons (Fsp3) is 0.355. The van der Waals surface area contributed by atoms with E-state index in [2.05, 4.69) is 43.0 Å². The highest BCUT2D eigenvalue weighted by atomic mass is 19.1. The lowest BCUT2D eigenvalue weighted by molar-refractivity contribution is 0.172. The lowest BCUT2D eigenvalue weighted by Crippen LogP contribution is -2.37. The SMILES string of the molecule is CC(C)N1CCC(c2ccc(/C(=C(/CCCO)c3ccc(F)cc3F)c3ccc(O)cc3)cc2)CC1. The van der Waals surface area contributed by atoms with Gasteiger partial charge in [-0.25, -0.2) is 8.78 Å². The molecule has 0 radical (unpaired) electrons. The van der Waals surface area contributed by atoms with Crippen molar-refractivity contribution in [2.45, 2.75) is 51.5 Å². The van der Waals surface area contributed by atoms with Gasteiger partial charge in [-0.15, -0.1) is 0 Å². The highest BCUT2D eigenvalue weighted by Crippen LogP contribution is 2.38. The highest BCUT2D eigenvalue weighted by molar-refractivity contribution is 5.98. The maximum atomic E-state index is 15.0. The molecule has 1 heterocycles. The molecule has 1 fully saturated rings. The molecular formula is C31H35F2NO2. The molecule has 1 aliphatic rings. The van der Waals surface area contributed by atoms with Gasteiger partial charge in [-0.3, -0.25) is 0 Å². The monoisotopic (exact) mass is 491 g/mol. The zero-order valence-electron chi connectivity index (χ0n) is 21.1. The van der Waals surface area contributed by atoms with E-state index in [1.807, 2.05) is 0 Å². The minimum Gasteiger partial charge on any atom is -0.508 e. The van der Waals surface area contributed by atoms with Crippen molar-refractivity contribution in [3.63, 3.8) is 0 Å². The Bertz CT molecular complexity index is 1180. The third kappa shape index (κ3) is 6.03. The number of benzene rings is 3. The minimum absolute atomic E-state index is 0.0385. The zero-order chi connectivity index (χ0) is 25.7. The van der Waals surface area contributed by atoms with Gasteiger partial charge < -0.3 is 15.1 Å². The van der Waals surface area contributed by atoms with Crippen molar-refractivity contribution < 1.29 is 19.0 Å². The van der Waals surface area contributed by atoms with E-state index in [4.69, 9.17) is 0 Å². The zero-order valence-corrected chi connectivity index (χ0v) is 21.1. The van der Waals surface area contributed by atoms with Crippen molar-refractivity contribution in [1.29, 1.82) is 0 Å². The van der Waals surface area contributed by atoms with E-state index in [0.717, 1.165) is 48.7 Å². The number of rotatable bonds is 8. The van der Waals surface area contributed by atoms with Crippen LogP contribution in [0.15, 0.2) is 66.7 Å². The minimum atomic E-state index is -0.632. The molecule has 0 aliphatic carbocycles. The first-order valence-electron chi connectivity index (χ1n) is 12.8. The number of aromatic hydroxyl groups is 1. The Balaban J connectivity index is 1.77. The number of allylic oxidation sites excluding steroid dienone is 1. The molecule has 0 saturated carbocycles. The van der Waals surface area contributed by atoms with Crippen LogP contribution in [0, 0.1) is 11.6 Å². The molecule has 5 heteroatoms. The average molecular weight is 492 g/mol. The van der Waals surface area contributed by atoms with Crippen molar-refractivity contribution in [1.82, 2.24) is 4.90 Å². The molecule has 2 N–H and O–H groups in total. The number of halogens is 2. The molecule has 3 aromatic rings. The molecule has 3 aromatic carbocycles. The smallest absolute Gasteiger partial charge is 0.133 e. The summed E-state index contributed by atoms with van der Waals surface area (Å²) in [6.07, 6.45) is 3.12. The van der Waals surface area contributed by atoms with Crippen molar-refractivity contribution in [2.75, 3.05) is 19.7 Å². The topological polar surface area (TPSA) is 43.7 Å². The Labute approximate surface area is 212 Å². The summed E-state index contributed by atoms with van der Waals surface area (Å²) in [5, 5.41) is 19.4. The van der Waals surface area contributed by atoms with Gasteiger partial charge in [-0.2, -0.15) is 0 Å². The van der Waals surface area contributed by atoms with Crippen LogP contribution in [0.5, 0.6) is 5.75 Å². The number of hydrogen-bond donors (Lipinski definition) is 2. The Morgan fingerprint density at radius 3 is 2.08 bits per heavy atom. The quantitative estimate of drug-likeness (QED) is 0.334. The van der Waals surface area contributed by atoms with Crippen LogP contribution in [0.4, 0.5) is 8.78 Å². The van der Waals surface area contributed by atoms with Crippen molar-refractivity contribution in [2.24, 2.45) is 0 Å². The van der Waals surface area contributed by atoms with Crippen LogP contribution < -0.4 is 0 Å². The Morgan fingerprint density at radius 1 is 0.917 bits per heavy atom. The second kappa shape index (κ2) is 11.8. The van der Waals surface area contributed by atoms with Gasteiger partial charge >= 0.3 is 0 Å². The lowest BCUT2D eigenvalue weighted by atomic mass is 9.84. The summed E-state index contributed by atoms with van der Waals surface area (Å²) in [7, 11) is 0. The molecule has 0 unspecified atom stereocenters. The first-order valence-corrected chi connectivity index (χ1v) is 12.8. The maximum absolute atomic E-state index is 15.0. The van der Waals surface area contributed by atoms with Gasteiger partial charge in [0.25, 0.3) is 0 Å². The number of phenols is 1. The van der Waals surface area contributed by atoms with Gasteiger partial charge in [0.15, 0.2) is 0 Å². The number of aliphatic hydroxyl groups is 1. The van der Waals surface area contributed by atoms with Gasteiger partial charge in [-0.1, -0.05) is 36.4 Å². The van der Waals surface area contributed by atoms with Crippen LogP contribution >= 0.6 is 0 Å². The van der Waals surface area contributed by atoms with Gasteiger partial charge in [0.1, 0.15) is 17.4 Å². The van der Waals surface area contributed by atoms with E-state index < -0.39 is 11.6 Å². The van der Waals surface area contributed by atoms with E-state index in [0.29, 0.717) is 35.9 Å². The van der Waals surface area contributed by atoms with E-state index in [1.165, 1.54) is 17.7 Å². The Hall–Kier alpha value is -3.02. The third-order valence-corrected chi connectivity index (χ3v) is 7.23. The van der Waals surface area contributed by atoms with Gasteiger partial charge in [0.05, 0.1) is 0 Å². The van der Waals surface area contributed by atoms with E-state index in [9.17, 15) is 19.0 Å². The summed E-state index contributed by atoms with van der Waals surface area (Å²) in [4.78, 5) is 2.52. The van der Waals surface area contributed by atoms with Crippen molar-refractivity contribution in [3.8, 4) is 5.75 Å². The average Bonchev–Trinajstić information content (AvgIpc) is 2.88. The van der Waals surface area contributed by atoms with E-state index >= 15 is 0 Å². The second-order valence-corrected chi connectivity index (χ2v) is 9.88. The van der Waals surface area contributed by atoms with E-state index in [-0.39, 0.29) is 12.4 Å². The summed E-state index contributed by atoms with van der Waals surface area (Å²) >= 11 is 0. The molecule has 0 spiro atoms. The second-order valence-electron chi connectivity index (χ2n) is 9.88. The van der Waals surface area contributed by atoms with Crippen LogP contribution in [0.25, 0.3) is 11.1 Å². The summed E-state index contributed by atoms with van der Waals surface area (Å²) in [6, 6.07) is 19.5. The largest absolute Gasteiger partial charge is 0.508 e. The van der Waals surface area contributed by atoms with E-state index in [1.54, 1.807) is 24.3 Å². The van der Waals surface area contributed by atoms with Crippen molar-refractivity contribution >= 4 is 11.1 Å². The first-order chi connectivity index (χ1) is 17.4. The first kappa shape index (κ1) is 26.1. The molecular weight excluding hydrogens is 456 g/mol. The molecule has 36 heavy (non-hydrogen) atoms. The number of aliphatic hydroxyl groups excluding tert-OH is 1. The Morgan fingerprint density at radius 2 is 1.53 bits per heavy atom. The fourth-order valence-corrected chi connectivity index (χ4v) is 5.20. The van der Waals surface area contributed by atoms with Crippen LogP contribution in [0.1, 0.15) is 67.7 Å². The van der Waals surface area contributed by atoms with Gasteiger partial charge in [0.2, 0.25) is 0 Å². The van der Waals surface area contributed by atoms with Crippen LogP contribution in [0.2, 0.25) is 0 Å². The molecule has 1 saturated heterocycles. The van der Waals surface area contributed by atoms with Crippen LogP contribution in [-0.2, 0) is 0 Å². The number of nitrogens with zero attached hydrogens (tertiary/aromatic N) is 1. The molecule has 1 aliphatic heterocycles. The molecule has 190 valence electrons. The van der Waals surface area contributed by atoms with Gasteiger partial charge in [0, 0.05) is 24.3 Å². The van der Waals surface area contributed by atoms with Crippen molar-refractivity contribution in [3.05, 3.63) is 101 Å². The molecule has 4 rings (SSSR count). The summed E-state index contributed by atoms with van der Waals surface area (Å²) in [5.74, 6) is -0.603. The number of likely N-dealkylation sites (tertiary alicyclic amines) is 1. The normalized spacial score (nSPS) is 15.8. The van der Waals surface area contributed by atoms with Crippen LogP contribution in [-0.4, -0.2) is 40.9 Å². The standard InChI is InChI=1S/C31H35F2NO2/c1-21(2)34-17-15-23(16-18-34)22-5-7-24(8-6-22)31(25-9-12-27(36)13-10-25)29(4-3-19-35)28-14-11-26(32)20-30(28)33/h5-14,20-21,23,35-36H,3-4,15-19H2,1-2H3/b31-29+. The predicted molar refractivity (Wildman–Crippen MR) is 142 cm³/mol. The Kier molecular flexibility index (Phi) is 8.55. The highest BCUT2D eigenvalue weighted by Gasteiger charge is 2.23. The molecule has 0 atom stereocenters.